The second-order valence-electron chi connectivity index (χ2n) is 9.20. The second kappa shape index (κ2) is 7.01. The van der Waals surface area contributed by atoms with E-state index in [2.05, 4.69) is 91.6 Å². The van der Waals surface area contributed by atoms with Crippen LogP contribution in [0.1, 0.15) is 0 Å². The molecule has 3 aliphatic heterocycles. The molecular weight excluding hydrogens is 443 g/mol. The molecule has 170 valence electrons. The molecule has 0 aromatic heterocycles. The zero-order valence-electron chi connectivity index (χ0n) is 19.0. The fourth-order valence-electron chi connectivity index (χ4n) is 6.06. The van der Waals surface area contributed by atoms with Crippen LogP contribution in [0.15, 0.2) is 84.9 Å². The number of benzene rings is 4. The fourth-order valence-corrected chi connectivity index (χ4v) is 12.0. The van der Waals surface area contributed by atoms with E-state index < -0.39 is 6.60 Å². The van der Waals surface area contributed by atoms with Crippen molar-refractivity contribution >= 4 is 27.8 Å². The summed E-state index contributed by atoms with van der Waals surface area (Å²) in [5, 5.41) is 5.19. The van der Waals surface area contributed by atoms with Crippen molar-refractivity contribution in [2.45, 2.75) is 0 Å². The maximum absolute atomic E-state index is 6.32. The van der Waals surface area contributed by atoms with Gasteiger partial charge in [-0.3, -0.25) is 0 Å². The summed E-state index contributed by atoms with van der Waals surface area (Å²) in [7, 11) is 0. The van der Waals surface area contributed by atoms with Crippen LogP contribution in [-0.4, -0.2) is 33.1 Å². The fraction of sp³-hybridized carbons (Fsp3) is 0.172. The molecule has 0 fully saturated rings. The third-order valence-corrected chi connectivity index (χ3v) is 14.0. The molecule has 0 atom stereocenters. The molecule has 0 saturated carbocycles. The van der Waals surface area contributed by atoms with Crippen molar-refractivity contribution in [1.82, 2.24) is 0 Å². The molecule has 0 unspecified atom stereocenters. The quantitative estimate of drug-likeness (QED) is 0.417. The summed E-state index contributed by atoms with van der Waals surface area (Å²) < 4.78 is 24.7. The first-order chi connectivity index (χ1) is 16.7. The van der Waals surface area contributed by atoms with Crippen molar-refractivity contribution in [3.8, 4) is 34.1 Å². The van der Waals surface area contributed by atoms with Gasteiger partial charge >= 0.3 is 199 Å². The molecule has 0 amide bonds. The minimum atomic E-state index is -3.14. The Hall–Kier alpha value is -3.49. The van der Waals surface area contributed by atoms with Crippen LogP contribution in [0.2, 0.25) is 0 Å². The summed E-state index contributed by atoms with van der Waals surface area (Å²) in [4.78, 5) is 0. The van der Waals surface area contributed by atoms with Gasteiger partial charge in [0, 0.05) is 0 Å². The van der Waals surface area contributed by atoms with E-state index in [-0.39, 0.29) is 0 Å². The Bertz CT molecular complexity index is 1320. The van der Waals surface area contributed by atoms with E-state index in [1.165, 1.54) is 21.2 Å². The monoisotopic (exact) mass is 468 g/mol. The molecule has 7 rings (SSSR count). The first-order valence-electron chi connectivity index (χ1n) is 11.7. The molecular formula is C29H25O4P. The summed E-state index contributed by atoms with van der Waals surface area (Å²) >= 11 is 0. The van der Waals surface area contributed by atoms with Crippen LogP contribution < -0.4 is 40.2 Å². The van der Waals surface area contributed by atoms with Gasteiger partial charge in [-0.2, -0.15) is 0 Å². The van der Waals surface area contributed by atoms with E-state index in [9.17, 15) is 0 Å². The molecule has 3 heterocycles. The van der Waals surface area contributed by atoms with Gasteiger partial charge < -0.3 is 0 Å². The normalized spacial score (nSPS) is 19.3. The molecule has 4 nitrogen and oxygen atoms in total. The van der Waals surface area contributed by atoms with Gasteiger partial charge in [-0.05, 0) is 0 Å². The van der Waals surface area contributed by atoms with Crippen molar-refractivity contribution in [3.05, 3.63) is 84.9 Å². The molecule has 34 heavy (non-hydrogen) atoms. The summed E-state index contributed by atoms with van der Waals surface area (Å²) in [6.45, 7) is 1.49. The van der Waals surface area contributed by atoms with Crippen LogP contribution in [-0.2, 0) is 0 Å². The standard InChI is InChI=1S/C29H25O4P/c1-34(20-8-4-2-5-9-20,21-10-6-3-7-11-21)24-14-12-22-28(32-18-16-30-22)26(24)27-25(34)15-13-23-29(27)33-19-17-31-23/h2-15H,16-19H2,1H3. The molecule has 0 N–H and O–H groups in total. The molecule has 0 radical (unpaired) electrons. The Morgan fingerprint density at radius 1 is 0.500 bits per heavy atom. The van der Waals surface area contributed by atoms with Gasteiger partial charge in [0.15, 0.2) is 0 Å². The third kappa shape index (κ3) is 2.32. The van der Waals surface area contributed by atoms with E-state index in [4.69, 9.17) is 18.9 Å². The average Bonchev–Trinajstić information content (AvgIpc) is 3.17. The minimum absolute atomic E-state index is 0.529. The van der Waals surface area contributed by atoms with Crippen molar-refractivity contribution in [3.63, 3.8) is 0 Å². The Balaban J connectivity index is 1.72. The van der Waals surface area contributed by atoms with E-state index in [1.54, 1.807) is 0 Å². The van der Waals surface area contributed by atoms with E-state index in [1.807, 2.05) is 0 Å². The van der Waals surface area contributed by atoms with Gasteiger partial charge in [0.1, 0.15) is 0 Å². The zero-order valence-corrected chi connectivity index (χ0v) is 19.9. The Kier molecular flexibility index (Phi) is 4.11. The van der Waals surface area contributed by atoms with Crippen molar-refractivity contribution in [1.29, 1.82) is 0 Å². The number of hydrogen-bond donors (Lipinski definition) is 0. The van der Waals surface area contributed by atoms with Gasteiger partial charge in [-0.15, -0.1) is 0 Å². The van der Waals surface area contributed by atoms with E-state index in [0.717, 1.165) is 34.1 Å². The molecule has 5 heteroatoms. The topological polar surface area (TPSA) is 36.9 Å². The number of rotatable bonds is 2. The van der Waals surface area contributed by atoms with Gasteiger partial charge in [-0.25, -0.2) is 0 Å². The number of fused-ring (bicyclic) bond motifs is 7. The average molecular weight is 468 g/mol. The van der Waals surface area contributed by atoms with Crippen LogP contribution in [0.4, 0.5) is 0 Å². The predicted molar refractivity (Wildman–Crippen MR) is 138 cm³/mol. The Labute approximate surface area is 199 Å². The number of hydrogen-bond acceptors (Lipinski definition) is 4. The zero-order chi connectivity index (χ0) is 22.8. The first kappa shape index (κ1) is 19.9. The molecule has 0 bridgehead atoms. The van der Waals surface area contributed by atoms with Crippen LogP contribution >= 0.6 is 6.60 Å². The SMILES string of the molecule is CP1(c2ccccc2)(c2ccccc2)c2ccc3c(c2-c2c1ccc1c2OCCO1)OCCO3. The van der Waals surface area contributed by atoms with Gasteiger partial charge in [0.05, 0.1) is 0 Å². The summed E-state index contributed by atoms with van der Waals surface area (Å²) in [6, 6.07) is 30.5. The van der Waals surface area contributed by atoms with Gasteiger partial charge in [0.2, 0.25) is 0 Å². The van der Waals surface area contributed by atoms with E-state index in [0.29, 0.717) is 26.4 Å². The van der Waals surface area contributed by atoms with Crippen molar-refractivity contribution in [2.75, 3.05) is 33.1 Å². The van der Waals surface area contributed by atoms with Crippen molar-refractivity contribution in [2.24, 2.45) is 0 Å². The van der Waals surface area contributed by atoms with Crippen LogP contribution in [0.25, 0.3) is 11.1 Å². The maximum atomic E-state index is 6.32. The molecule has 4 aromatic carbocycles. The van der Waals surface area contributed by atoms with Gasteiger partial charge in [0.25, 0.3) is 0 Å². The molecule has 0 spiro atoms. The summed E-state index contributed by atoms with van der Waals surface area (Å²) in [5.41, 5.74) is 2.17. The molecule has 0 saturated heterocycles. The molecule has 3 aliphatic rings. The van der Waals surface area contributed by atoms with Gasteiger partial charge in [-0.1, -0.05) is 0 Å². The second-order valence-corrected chi connectivity index (χ2v) is 14.3. The van der Waals surface area contributed by atoms with Crippen LogP contribution in [0.3, 0.4) is 0 Å². The molecule has 4 aromatic rings. The van der Waals surface area contributed by atoms with Crippen LogP contribution in [0.5, 0.6) is 23.0 Å². The van der Waals surface area contributed by atoms with Crippen LogP contribution in [0, 0.1) is 0 Å². The third-order valence-electron chi connectivity index (χ3n) is 7.63. The summed E-state index contributed by atoms with van der Waals surface area (Å²) in [5.74, 6) is 3.21. The van der Waals surface area contributed by atoms with Crippen molar-refractivity contribution < 1.29 is 18.9 Å². The Morgan fingerprint density at radius 2 is 0.912 bits per heavy atom. The number of ether oxygens (including phenoxy) is 4. The first-order valence-corrected chi connectivity index (χ1v) is 14.4. The predicted octanol–water partition coefficient (Wildman–Crippen LogP) is 3.99. The Morgan fingerprint density at radius 3 is 1.35 bits per heavy atom. The molecule has 0 aliphatic carbocycles. The van der Waals surface area contributed by atoms with E-state index >= 15 is 0 Å². The summed E-state index contributed by atoms with van der Waals surface area (Å²) in [6.07, 6.45) is 0.